The summed E-state index contributed by atoms with van der Waals surface area (Å²) in [5, 5.41) is 14.3. The molecular formula is C17H14N2O3S2. The van der Waals surface area contributed by atoms with Crippen molar-refractivity contribution < 1.29 is 14.7 Å². The molecule has 122 valence electrons. The van der Waals surface area contributed by atoms with E-state index in [0.717, 1.165) is 26.8 Å². The number of hydrogen-bond acceptors (Lipinski definition) is 5. The van der Waals surface area contributed by atoms with E-state index >= 15 is 0 Å². The number of amides is 1. The lowest BCUT2D eigenvalue weighted by Crippen LogP contribution is -2.22. The zero-order valence-electron chi connectivity index (χ0n) is 12.6. The van der Waals surface area contributed by atoms with Crippen LogP contribution in [-0.2, 0) is 13.0 Å². The highest BCUT2D eigenvalue weighted by molar-refractivity contribution is 7.13. The summed E-state index contributed by atoms with van der Waals surface area (Å²) in [6.07, 6.45) is 0.700. The number of aromatic nitrogens is 1. The van der Waals surface area contributed by atoms with Gasteiger partial charge in [-0.3, -0.25) is 4.79 Å². The highest BCUT2D eigenvalue weighted by Gasteiger charge is 2.12. The molecule has 0 aliphatic carbocycles. The quantitative estimate of drug-likeness (QED) is 0.708. The van der Waals surface area contributed by atoms with Crippen LogP contribution in [0.15, 0.2) is 47.8 Å². The maximum Gasteiger partial charge on any atom is 0.345 e. The average molecular weight is 358 g/mol. The monoisotopic (exact) mass is 358 g/mol. The summed E-state index contributed by atoms with van der Waals surface area (Å²) in [7, 11) is 0. The fourth-order valence-electron chi connectivity index (χ4n) is 2.11. The number of carboxylic acids is 1. The van der Waals surface area contributed by atoms with Crippen LogP contribution in [0.3, 0.4) is 0 Å². The number of benzene rings is 1. The third-order valence-corrected chi connectivity index (χ3v) is 5.20. The smallest absolute Gasteiger partial charge is 0.345 e. The van der Waals surface area contributed by atoms with E-state index in [4.69, 9.17) is 5.11 Å². The van der Waals surface area contributed by atoms with Crippen molar-refractivity contribution in [3.63, 3.8) is 0 Å². The first-order valence-electron chi connectivity index (χ1n) is 7.20. The number of thiophene rings is 1. The Morgan fingerprint density at radius 2 is 1.92 bits per heavy atom. The van der Waals surface area contributed by atoms with Crippen molar-refractivity contribution in [2.45, 2.75) is 13.0 Å². The van der Waals surface area contributed by atoms with Gasteiger partial charge in [0.15, 0.2) is 0 Å². The van der Waals surface area contributed by atoms with Crippen molar-refractivity contribution in [3.8, 4) is 0 Å². The van der Waals surface area contributed by atoms with Crippen LogP contribution in [0.25, 0.3) is 0 Å². The van der Waals surface area contributed by atoms with E-state index in [2.05, 4.69) is 10.3 Å². The molecule has 3 rings (SSSR count). The standard InChI is InChI=1S/C17H14N2O3S2/c20-16(18-9-12-6-7-14(24-12)17(21)22)13-10-23-15(19-13)8-11-4-2-1-3-5-11/h1-7,10H,8-9H2,(H,18,20)(H,21,22). The predicted octanol–water partition coefficient (Wildman–Crippen LogP) is 3.42. The molecule has 0 atom stereocenters. The van der Waals surface area contributed by atoms with E-state index in [0.29, 0.717) is 18.7 Å². The number of carboxylic acid groups (broad SMARTS) is 1. The summed E-state index contributed by atoms with van der Waals surface area (Å²) in [4.78, 5) is 28.4. The fraction of sp³-hybridized carbons (Fsp3) is 0.118. The molecule has 2 N–H and O–H groups in total. The van der Waals surface area contributed by atoms with Gasteiger partial charge in [0, 0.05) is 16.7 Å². The van der Waals surface area contributed by atoms with Gasteiger partial charge in [-0.25, -0.2) is 9.78 Å². The zero-order valence-corrected chi connectivity index (χ0v) is 14.2. The molecule has 0 radical (unpaired) electrons. The van der Waals surface area contributed by atoms with Gasteiger partial charge >= 0.3 is 5.97 Å². The van der Waals surface area contributed by atoms with Crippen molar-refractivity contribution in [1.29, 1.82) is 0 Å². The highest BCUT2D eigenvalue weighted by Crippen LogP contribution is 2.17. The Morgan fingerprint density at radius 1 is 1.12 bits per heavy atom. The minimum absolute atomic E-state index is 0.254. The van der Waals surface area contributed by atoms with Gasteiger partial charge in [-0.15, -0.1) is 22.7 Å². The molecule has 0 spiro atoms. The first-order valence-corrected chi connectivity index (χ1v) is 8.90. The van der Waals surface area contributed by atoms with Crippen LogP contribution in [0.4, 0.5) is 0 Å². The molecule has 5 nitrogen and oxygen atoms in total. The number of carbonyl (C=O) groups is 2. The highest BCUT2D eigenvalue weighted by atomic mass is 32.1. The summed E-state index contributed by atoms with van der Waals surface area (Å²) in [6, 6.07) is 13.2. The van der Waals surface area contributed by atoms with Crippen LogP contribution < -0.4 is 5.32 Å². The average Bonchev–Trinajstić information content (AvgIpc) is 3.23. The van der Waals surface area contributed by atoms with E-state index in [1.165, 1.54) is 17.4 Å². The lowest BCUT2D eigenvalue weighted by molar-refractivity contribution is 0.0702. The number of hydrogen-bond donors (Lipinski definition) is 2. The molecule has 0 fully saturated rings. The predicted molar refractivity (Wildman–Crippen MR) is 93.8 cm³/mol. The van der Waals surface area contributed by atoms with E-state index in [-0.39, 0.29) is 10.8 Å². The van der Waals surface area contributed by atoms with E-state index in [1.807, 2.05) is 30.3 Å². The number of rotatable bonds is 6. The molecule has 0 aliphatic heterocycles. The van der Waals surface area contributed by atoms with Crippen LogP contribution in [0.1, 0.15) is 35.6 Å². The maximum absolute atomic E-state index is 12.1. The molecule has 0 saturated carbocycles. The van der Waals surface area contributed by atoms with Crippen LogP contribution in [0.2, 0.25) is 0 Å². The van der Waals surface area contributed by atoms with Crippen molar-refractivity contribution in [3.05, 3.63) is 73.9 Å². The van der Waals surface area contributed by atoms with Gasteiger partial charge in [-0.2, -0.15) is 0 Å². The van der Waals surface area contributed by atoms with Gasteiger partial charge in [0.2, 0.25) is 0 Å². The second kappa shape index (κ2) is 7.37. The molecule has 3 aromatic rings. The molecule has 24 heavy (non-hydrogen) atoms. The molecule has 1 aromatic carbocycles. The first kappa shape index (κ1) is 16.4. The Bertz CT molecular complexity index is 856. The number of nitrogens with zero attached hydrogens (tertiary/aromatic N) is 1. The Balaban J connectivity index is 1.58. The summed E-state index contributed by atoms with van der Waals surface area (Å²) < 4.78 is 0. The maximum atomic E-state index is 12.1. The number of nitrogens with one attached hydrogen (secondary N) is 1. The van der Waals surface area contributed by atoms with Gasteiger partial charge in [-0.1, -0.05) is 30.3 Å². The number of carbonyl (C=O) groups excluding carboxylic acids is 1. The zero-order chi connectivity index (χ0) is 16.9. The fourth-order valence-corrected chi connectivity index (χ4v) is 3.71. The normalized spacial score (nSPS) is 10.5. The largest absolute Gasteiger partial charge is 0.477 e. The van der Waals surface area contributed by atoms with Crippen LogP contribution in [-0.4, -0.2) is 22.0 Å². The van der Waals surface area contributed by atoms with Gasteiger partial charge < -0.3 is 10.4 Å². The summed E-state index contributed by atoms with van der Waals surface area (Å²) in [5.74, 6) is -1.21. The Morgan fingerprint density at radius 3 is 2.62 bits per heavy atom. The summed E-state index contributed by atoms with van der Waals surface area (Å²) in [6.45, 7) is 0.294. The molecule has 0 unspecified atom stereocenters. The second-order valence-corrected chi connectivity index (χ2v) is 7.15. The lowest BCUT2D eigenvalue weighted by atomic mass is 10.2. The molecular weight excluding hydrogens is 344 g/mol. The molecule has 2 heterocycles. The number of aromatic carboxylic acids is 1. The SMILES string of the molecule is O=C(NCc1ccc(C(=O)O)s1)c1csc(Cc2ccccc2)n1. The van der Waals surface area contributed by atoms with Crippen molar-refractivity contribution >= 4 is 34.6 Å². The number of thiazole rings is 1. The van der Waals surface area contributed by atoms with Crippen LogP contribution in [0.5, 0.6) is 0 Å². The minimum Gasteiger partial charge on any atom is -0.477 e. The van der Waals surface area contributed by atoms with E-state index in [1.54, 1.807) is 11.4 Å². The van der Waals surface area contributed by atoms with Crippen LogP contribution in [0, 0.1) is 0 Å². The minimum atomic E-state index is -0.956. The second-order valence-electron chi connectivity index (χ2n) is 5.04. The molecule has 7 heteroatoms. The topological polar surface area (TPSA) is 79.3 Å². The van der Waals surface area contributed by atoms with Gasteiger partial charge in [0.05, 0.1) is 11.6 Å². The van der Waals surface area contributed by atoms with E-state index < -0.39 is 5.97 Å². The van der Waals surface area contributed by atoms with Gasteiger partial charge in [0.25, 0.3) is 5.91 Å². The van der Waals surface area contributed by atoms with Gasteiger partial charge in [-0.05, 0) is 17.7 Å². The summed E-state index contributed by atoms with van der Waals surface area (Å²) >= 11 is 2.61. The molecule has 2 aromatic heterocycles. The van der Waals surface area contributed by atoms with Crippen molar-refractivity contribution in [2.75, 3.05) is 0 Å². The molecule has 0 saturated heterocycles. The Labute approximate surface area is 146 Å². The van der Waals surface area contributed by atoms with Crippen molar-refractivity contribution in [1.82, 2.24) is 10.3 Å². The molecule has 0 bridgehead atoms. The van der Waals surface area contributed by atoms with E-state index in [9.17, 15) is 9.59 Å². The third-order valence-electron chi connectivity index (χ3n) is 3.28. The summed E-state index contributed by atoms with van der Waals surface area (Å²) in [5.41, 5.74) is 1.54. The Kier molecular flexibility index (Phi) is 5.02. The third kappa shape index (κ3) is 4.06. The van der Waals surface area contributed by atoms with Crippen molar-refractivity contribution in [2.24, 2.45) is 0 Å². The molecule has 0 aliphatic rings. The van der Waals surface area contributed by atoms with Crippen LogP contribution >= 0.6 is 22.7 Å². The molecule has 1 amide bonds. The lowest BCUT2D eigenvalue weighted by Gasteiger charge is -2.00. The first-order chi connectivity index (χ1) is 11.6. The Hall–Kier alpha value is -2.51. The van der Waals surface area contributed by atoms with Gasteiger partial charge in [0.1, 0.15) is 10.6 Å².